The van der Waals surface area contributed by atoms with Crippen LogP contribution in [0.15, 0.2) is 24.3 Å². The Morgan fingerprint density at radius 2 is 2.16 bits per heavy atom. The molecular weight excluding hydrogens is 260 g/mol. The molecule has 1 rings (SSSR count). The SMILES string of the molecule is COCC(C)NC(=O)CSCc1ccc(C#N)cc1. The zero-order valence-electron chi connectivity index (χ0n) is 11.2. The Kier molecular flexibility index (Phi) is 7.01. The Morgan fingerprint density at radius 1 is 1.47 bits per heavy atom. The molecule has 5 heteroatoms. The van der Waals surface area contributed by atoms with E-state index in [0.29, 0.717) is 17.9 Å². The van der Waals surface area contributed by atoms with Gasteiger partial charge in [0.05, 0.1) is 24.0 Å². The van der Waals surface area contributed by atoms with Crippen molar-refractivity contribution in [1.82, 2.24) is 5.32 Å². The second-order valence-corrected chi connectivity index (χ2v) is 5.21. The Balaban J connectivity index is 2.26. The topological polar surface area (TPSA) is 62.1 Å². The average molecular weight is 278 g/mol. The van der Waals surface area contributed by atoms with Crippen molar-refractivity contribution in [3.63, 3.8) is 0 Å². The number of rotatable bonds is 7. The molecule has 0 spiro atoms. The smallest absolute Gasteiger partial charge is 0.230 e. The van der Waals surface area contributed by atoms with E-state index in [4.69, 9.17) is 10.00 Å². The summed E-state index contributed by atoms with van der Waals surface area (Å²) in [6, 6.07) is 9.52. The molecule has 0 saturated carbocycles. The fourth-order valence-electron chi connectivity index (χ4n) is 1.55. The van der Waals surface area contributed by atoms with Crippen molar-refractivity contribution in [1.29, 1.82) is 5.26 Å². The van der Waals surface area contributed by atoms with Crippen LogP contribution in [0.3, 0.4) is 0 Å². The number of hydrogen-bond donors (Lipinski definition) is 1. The molecule has 0 saturated heterocycles. The summed E-state index contributed by atoms with van der Waals surface area (Å²) in [6.07, 6.45) is 0. The molecule has 1 aromatic carbocycles. The normalized spacial score (nSPS) is 11.6. The number of nitrogens with zero attached hydrogens (tertiary/aromatic N) is 1. The molecule has 4 nitrogen and oxygen atoms in total. The first-order chi connectivity index (χ1) is 9.15. The van der Waals surface area contributed by atoms with Crippen molar-refractivity contribution >= 4 is 17.7 Å². The van der Waals surface area contributed by atoms with E-state index in [2.05, 4.69) is 11.4 Å². The second kappa shape index (κ2) is 8.57. The molecule has 0 aliphatic heterocycles. The van der Waals surface area contributed by atoms with Crippen molar-refractivity contribution in [2.75, 3.05) is 19.5 Å². The first-order valence-corrected chi connectivity index (χ1v) is 7.16. The molecule has 1 aromatic rings. The van der Waals surface area contributed by atoms with Crippen LogP contribution in [0, 0.1) is 11.3 Å². The number of ether oxygens (including phenoxy) is 1. The number of nitrogens with one attached hydrogen (secondary N) is 1. The van der Waals surface area contributed by atoms with Crippen LogP contribution in [0.5, 0.6) is 0 Å². The first kappa shape index (κ1) is 15.5. The number of carbonyl (C=O) groups is 1. The van der Waals surface area contributed by atoms with E-state index < -0.39 is 0 Å². The summed E-state index contributed by atoms with van der Waals surface area (Å²) in [6.45, 7) is 2.43. The van der Waals surface area contributed by atoms with Crippen LogP contribution >= 0.6 is 11.8 Å². The minimum atomic E-state index is 0.0168. The maximum Gasteiger partial charge on any atom is 0.230 e. The van der Waals surface area contributed by atoms with Crippen LogP contribution in [0.1, 0.15) is 18.1 Å². The van der Waals surface area contributed by atoms with Crippen molar-refractivity contribution in [2.45, 2.75) is 18.7 Å². The first-order valence-electron chi connectivity index (χ1n) is 6.00. The predicted octanol–water partition coefficient (Wildman–Crippen LogP) is 1.94. The quantitative estimate of drug-likeness (QED) is 0.828. The van der Waals surface area contributed by atoms with Crippen LogP contribution in [-0.2, 0) is 15.3 Å². The number of thioether (sulfide) groups is 1. The standard InChI is InChI=1S/C14H18N2O2S/c1-11(8-18-2)16-14(17)10-19-9-13-5-3-12(7-15)4-6-13/h3-6,11H,8-10H2,1-2H3,(H,16,17). The number of carbonyl (C=O) groups excluding carboxylic acids is 1. The Hall–Kier alpha value is -1.51. The summed E-state index contributed by atoms with van der Waals surface area (Å²) < 4.78 is 4.95. The highest BCUT2D eigenvalue weighted by molar-refractivity contribution is 7.99. The zero-order chi connectivity index (χ0) is 14.1. The second-order valence-electron chi connectivity index (χ2n) is 4.23. The zero-order valence-corrected chi connectivity index (χ0v) is 12.0. The summed E-state index contributed by atoms with van der Waals surface area (Å²) in [5, 5.41) is 11.5. The molecule has 1 amide bonds. The number of hydrogen-bond acceptors (Lipinski definition) is 4. The molecule has 102 valence electrons. The number of methoxy groups -OCH3 is 1. The molecule has 1 N–H and O–H groups in total. The lowest BCUT2D eigenvalue weighted by Crippen LogP contribution is -2.36. The highest BCUT2D eigenvalue weighted by Gasteiger charge is 2.06. The largest absolute Gasteiger partial charge is 0.383 e. The highest BCUT2D eigenvalue weighted by atomic mass is 32.2. The molecule has 0 radical (unpaired) electrons. The lowest BCUT2D eigenvalue weighted by Gasteiger charge is -2.12. The van der Waals surface area contributed by atoms with E-state index >= 15 is 0 Å². The van der Waals surface area contributed by atoms with Crippen molar-refractivity contribution in [3.8, 4) is 6.07 Å². The van der Waals surface area contributed by atoms with Gasteiger partial charge in [0.25, 0.3) is 0 Å². The summed E-state index contributed by atoms with van der Waals surface area (Å²) in [5.74, 6) is 1.20. The fraction of sp³-hybridized carbons (Fsp3) is 0.429. The van der Waals surface area contributed by atoms with Gasteiger partial charge >= 0.3 is 0 Å². The number of benzene rings is 1. The van der Waals surface area contributed by atoms with E-state index in [1.165, 1.54) is 0 Å². The maximum atomic E-state index is 11.6. The molecule has 1 unspecified atom stereocenters. The van der Waals surface area contributed by atoms with Crippen LogP contribution in [0.4, 0.5) is 0 Å². The minimum absolute atomic E-state index is 0.0168. The van der Waals surface area contributed by atoms with E-state index in [1.54, 1.807) is 31.0 Å². The van der Waals surface area contributed by atoms with Gasteiger partial charge in [0.2, 0.25) is 5.91 Å². The van der Waals surface area contributed by atoms with Gasteiger partial charge in [-0.25, -0.2) is 0 Å². The van der Waals surface area contributed by atoms with Gasteiger partial charge < -0.3 is 10.1 Å². The van der Waals surface area contributed by atoms with Gasteiger partial charge in [-0.3, -0.25) is 4.79 Å². The predicted molar refractivity (Wildman–Crippen MR) is 76.8 cm³/mol. The molecule has 0 aromatic heterocycles. The summed E-state index contributed by atoms with van der Waals surface area (Å²) in [5.41, 5.74) is 1.77. The molecular formula is C14H18N2O2S. The molecule has 19 heavy (non-hydrogen) atoms. The molecule has 1 atom stereocenters. The van der Waals surface area contributed by atoms with E-state index in [9.17, 15) is 4.79 Å². The Labute approximate surface area is 118 Å². The molecule has 0 aliphatic carbocycles. The van der Waals surface area contributed by atoms with Crippen molar-refractivity contribution in [3.05, 3.63) is 35.4 Å². The third kappa shape index (κ3) is 6.27. The average Bonchev–Trinajstić information content (AvgIpc) is 2.39. The molecule has 0 heterocycles. The van der Waals surface area contributed by atoms with Gasteiger partial charge in [-0.2, -0.15) is 5.26 Å². The van der Waals surface area contributed by atoms with E-state index in [0.717, 1.165) is 11.3 Å². The lowest BCUT2D eigenvalue weighted by molar-refractivity contribution is -0.119. The molecule has 0 fully saturated rings. The van der Waals surface area contributed by atoms with Gasteiger partial charge in [0.1, 0.15) is 0 Å². The summed E-state index contributed by atoms with van der Waals surface area (Å²) in [4.78, 5) is 11.6. The summed E-state index contributed by atoms with van der Waals surface area (Å²) in [7, 11) is 1.61. The fourth-order valence-corrected chi connectivity index (χ4v) is 2.34. The van der Waals surface area contributed by atoms with Gasteiger partial charge in [0.15, 0.2) is 0 Å². The van der Waals surface area contributed by atoms with Crippen LogP contribution in [-0.4, -0.2) is 31.4 Å². The van der Waals surface area contributed by atoms with E-state index in [1.807, 2.05) is 19.1 Å². The third-order valence-electron chi connectivity index (χ3n) is 2.41. The van der Waals surface area contributed by atoms with Crippen molar-refractivity contribution < 1.29 is 9.53 Å². The van der Waals surface area contributed by atoms with Gasteiger partial charge in [-0.1, -0.05) is 12.1 Å². The highest BCUT2D eigenvalue weighted by Crippen LogP contribution is 2.12. The lowest BCUT2D eigenvalue weighted by atomic mass is 10.2. The number of nitriles is 1. The monoisotopic (exact) mass is 278 g/mol. The Morgan fingerprint density at radius 3 is 2.74 bits per heavy atom. The van der Waals surface area contributed by atoms with Crippen molar-refractivity contribution in [2.24, 2.45) is 0 Å². The van der Waals surface area contributed by atoms with Gasteiger partial charge in [0, 0.05) is 18.9 Å². The third-order valence-corrected chi connectivity index (χ3v) is 3.41. The number of amides is 1. The van der Waals surface area contributed by atoms with Gasteiger partial charge in [-0.15, -0.1) is 11.8 Å². The van der Waals surface area contributed by atoms with Crippen LogP contribution in [0.25, 0.3) is 0 Å². The van der Waals surface area contributed by atoms with Crippen LogP contribution < -0.4 is 5.32 Å². The molecule has 0 bridgehead atoms. The minimum Gasteiger partial charge on any atom is -0.383 e. The summed E-state index contributed by atoms with van der Waals surface area (Å²) >= 11 is 1.55. The molecule has 0 aliphatic rings. The Bertz CT molecular complexity index is 440. The van der Waals surface area contributed by atoms with Crippen LogP contribution in [0.2, 0.25) is 0 Å². The van der Waals surface area contributed by atoms with E-state index in [-0.39, 0.29) is 11.9 Å². The maximum absolute atomic E-state index is 11.6. The van der Waals surface area contributed by atoms with Gasteiger partial charge in [-0.05, 0) is 24.6 Å².